The van der Waals surface area contributed by atoms with Gasteiger partial charge in [-0.15, -0.1) is 0 Å². The van der Waals surface area contributed by atoms with Gasteiger partial charge in [0.05, 0.1) is 19.3 Å². The van der Waals surface area contributed by atoms with Crippen molar-refractivity contribution >= 4 is 29.7 Å². The standard InChI is InChI=1S/C15H22N6O7/c1-7(19-14(26)9(3-12(23)24)20-11(22)4-16)13(25)21-10(15(27)28)2-8-5-17-6-18-8/h5-7,9-10H,2-4,16H2,1H3,(H,17,18)(H,19,26)(H,20,22)(H,21,25)(H,23,24)(H,27,28). The minimum absolute atomic E-state index is 0.0596. The van der Waals surface area contributed by atoms with Gasteiger partial charge in [-0.1, -0.05) is 0 Å². The Kier molecular flexibility index (Phi) is 8.55. The molecule has 0 aliphatic rings. The summed E-state index contributed by atoms with van der Waals surface area (Å²) in [5.41, 5.74) is 5.60. The number of imidazole rings is 1. The first kappa shape index (κ1) is 22.6. The van der Waals surface area contributed by atoms with Crippen LogP contribution in [0.15, 0.2) is 12.5 Å². The summed E-state index contributed by atoms with van der Waals surface area (Å²) >= 11 is 0. The lowest BCUT2D eigenvalue weighted by Crippen LogP contribution is -2.55. The molecule has 1 heterocycles. The third kappa shape index (κ3) is 7.41. The molecule has 13 heteroatoms. The summed E-state index contributed by atoms with van der Waals surface area (Å²) in [6.07, 6.45) is 1.99. The molecular weight excluding hydrogens is 376 g/mol. The normalized spacial score (nSPS) is 13.6. The fourth-order valence-corrected chi connectivity index (χ4v) is 2.13. The molecule has 3 unspecified atom stereocenters. The Labute approximate surface area is 159 Å². The highest BCUT2D eigenvalue weighted by atomic mass is 16.4. The van der Waals surface area contributed by atoms with Gasteiger partial charge in [-0.3, -0.25) is 19.2 Å². The average Bonchev–Trinajstić information content (AvgIpc) is 3.12. The number of H-pyrrole nitrogens is 1. The molecule has 0 bridgehead atoms. The van der Waals surface area contributed by atoms with Crippen molar-refractivity contribution in [1.29, 1.82) is 0 Å². The molecule has 0 saturated carbocycles. The third-order valence-electron chi connectivity index (χ3n) is 3.56. The number of hydrogen-bond donors (Lipinski definition) is 7. The van der Waals surface area contributed by atoms with E-state index in [1.54, 1.807) is 0 Å². The van der Waals surface area contributed by atoms with Crippen LogP contribution in [-0.4, -0.2) is 74.5 Å². The lowest BCUT2D eigenvalue weighted by molar-refractivity contribution is -0.143. The maximum Gasteiger partial charge on any atom is 0.326 e. The molecule has 0 aliphatic carbocycles. The monoisotopic (exact) mass is 398 g/mol. The van der Waals surface area contributed by atoms with Crippen LogP contribution in [0.1, 0.15) is 19.0 Å². The van der Waals surface area contributed by atoms with Gasteiger partial charge in [0.1, 0.15) is 18.1 Å². The van der Waals surface area contributed by atoms with Crippen molar-refractivity contribution in [3.8, 4) is 0 Å². The van der Waals surface area contributed by atoms with Gasteiger partial charge in [-0.2, -0.15) is 0 Å². The van der Waals surface area contributed by atoms with E-state index in [0.29, 0.717) is 5.69 Å². The highest BCUT2D eigenvalue weighted by molar-refractivity contribution is 5.94. The number of nitrogens with two attached hydrogens (primary N) is 1. The number of nitrogens with zero attached hydrogens (tertiary/aromatic N) is 1. The van der Waals surface area contributed by atoms with Gasteiger partial charge in [-0.05, 0) is 6.92 Å². The van der Waals surface area contributed by atoms with Crippen LogP contribution in [0.3, 0.4) is 0 Å². The first-order valence-electron chi connectivity index (χ1n) is 8.16. The van der Waals surface area contributed by atoms with Crippen LogP contribution in [0.5, 0.6) is 0 Å². The quantitative estimate of drug-likeness (QED) is 0.201. The second kappa shape index (κ2) is 10.6. The number of nitrogens with one attached hydrogen (secondary N) is 4. The summed E-state index contributed by atoms with van der Waals surface area (Å²) in [5.74, 6) is -5.11. The van der Waals surface area contributed by atoms with E-state index in [9.17, 15) is 29.1 Å². The molecule has 28 heavy (non-hydrogen) atoms. The number of rotatable bonds is 11. The van der Waals surface area contributed by atoms with E-state index in [-0.39, 0.29) is 6.42 Å². The highest BCUT2D eigenvalue weighted by Crippen LogP contribution is 2.00. The lowest BCUT2D eigenvalue weighted by atomic mass is 10.1. The molecule has 0 saturated heterocycles. The van der Waals surface area contributed by atoms with Gasteiger partial charge in [0.2, 0.25) is 17.7 Å². The zero-order valence-electron chi connectivity index (χ0n) is 15.0. The Morgan fingerprint density at radius 2 is 1.79 bits per heavy atom. The number of aromatic nitrogens is 2. The van der Waals surface area contributed by atoms with Crippen molar-refractivity contribution < 1.29 is 34.2 Å². The summed E-state index contributed by atoms with van der Waals surface area (Å²) in [6.45, 7) is 0.832. The predicted octanol–water partition coefficient (Wildman–Crippen LogP) is -3.06. The van der Waals surface area contributed by atoms with E-state index in [4.69, 9.17) is 10.8 Å². The Morgan fingerprint density at radius 1 is 1.11 bits per heavy atom. The zero-order chi connectivity index (χ0) is 21.3. The Hall–Kier alpha value is -3.48. The molecule has 0 aliphatic heterocycles. The molecular formula is C15H22N6O7. The summed E-state index contributed by atoms with van der Waals surface area (Å²) in [6, 6.07) is -3.91. The van der Waals surface area contributed by atoms with E-state index in [2.05, 4.69) is 25.9 Å². The van der Waals surface area contributed by atoms with Crippen molar-refractivity contribution in [2.45, 2.75) is 37.9 Å². The van der Waals surface area contributed by atoms with Gasteiger partial charge in [-0.25, -0.2) is 9.78 Å². The molecule has 1 aromatic rings. The molecule has 3 atom stereocenters. The van der Waals surface area contributed by atoms with Gasteiger partial charge < -0.3 is 36.9 Å². The van der Waals surface area contributed by atoms with Gasteiger partial charge in [0.25, 0.3) is 0 Å². The summed E-state index contributed by atoms with van der Waals surface area (Å²) in [7, 11) is 0. The SMILES string of the molecule is CC(NC(=O)C(CC(=O)O)NC(=O)CN)C(=O)NC(Cc1cnc[nH]1)C(=O)O. The summed E-state index contributed by atoms with van der Waals surface area (Å²) in [4.78, 5) is 64.4. The van der Waals surface area contributed by atoms with Crippen LogP contribution in [0.25, 0.3) is 0 Å². The minimum atomic E-state index is -1.44. The summed E-state index contributed by atoms with van der Waals surface area (Å²) in [5, 5.41) is 24.7. The van der Waals surface area contributed by atoms with Crippen LogP contribution in [-0.2, 0) is 30.4 Å². The number of aromatic amines is 1. The van der Waals surface area contributed by atoms with Crippen molar-refractivity contribution in [2.75, 3.05) is 6.54 Å². The van der Waals surface area contributed by atoms with Crippen LogP contribution in [0.2, 0.25) is 0 Å². The number of hydrogen-bond acceptors (Lipinski definition) is 7. The second-order valence-electron chi connectivity index (χ2n) is 5.83. The van der Waals surface area contributed by atoms with Crippen molar-refractivity contribution in [3.05, 3.63) is 18.2 Å². The number of carbonyl (C=O) groups is 5. The Bertz CT molecular complexity index is 720. The molecule has 13 nitrogen and oxygen atoms in total. The number of carboxylic acid groups (broad SMARTS) is 2. The van der Waals surface area contributed by atoms with Gasteiger partial charge in [0, 0.05) is 18.3 Å². The minimum Gasteiger partial charge on any atom is -0.481 e. The smallest absolute Gasteiger partial charge is 0.326 e. The Morgan fingerprint density at radius 3 is 2.29 bits per heavy atom. The Balaban J connectivity index is 2.71. The fraction of sp³-hybridized carbons (Fsp3) is 0.467. The zero-order valence-corrected chi connectivity index (χ0v) is 15.0. The van der Waals surface area contributed by atoms with E-state index in [1.165, 1.54) is 19.4 Å². The van der Waals surface area contributed by atoms with Gasteiger partial charge in [0.15, 0.2) is 0 Å². The topological polar surface area (TPSA) is 217 Å². The lowest BCUT2D eigenvalue weighted by Gasteiger charge is -2.21. The van der Waals surface area contributed by atoms with Crippen molar-refractivity contribution in [3.63, 3.8) is 0 Å². The molecule has 8 N–H and O–H groups in total. The number of aliphatic carboxylic acids is 2. The molecule has 0 spiro atoms. The molecule has 1 rings (SSSR count). The van der Waals surface area contributed by atoms with E-state index < -0.39 is 60.8 Å². The van der Waals surface area contributed by atoms with Crippen LogP contribution < -0.4 is 21.7 Å². The maximum absolute atomic E-state index is 12.2. The molecule has 3 amide bonds. The first-order valence-corrected chi connectivity index (χ1v) is 8.16. The molecule has 0 radical (unpaired) electrons. The average molecular weight is 398 g/mol. The van der Waals surface area contributed by atoms with Crippen LogP contribution in [0, 0.1) is 0 Å². The van der Waals surface area contributed by atoms with Gasteiger partial charge >= 0.3 is 11.9 Å². The third-order valence-corrected chi connectivity index (χ3v) is 3.56. The predicted molar refractivity (Wildman–Crippen MR) is 92.7 cm³/mol. The van der Waals surface area contributed by atoms with Crippen LogP contribution in [0.4, 0.5) is 0 Å². The summed E-state index contributed by atoms with van der Waals surface area (Å²) < 4.78 is 0. The van der Waals surface area contributed by atoms with Crippen molar-refractivity contribution in [1.82, 2.24) is 25.9 Å². The number of carboxylic acids is 2. The number of carbonyl (C=O) groups excluding carboxylic acids is 3. The fourth-order valence-electron chi connectivity index (χ4n) is 2.13. The van der Waals surface area contributed by atoms with E-state index >= 15 is 0 Å². The van der Waals surface area contributed by atoms with E-state index in [0.717, 1.165) is 0 Å². The van der Waals surface area contributed by atoms with Crippen molar-refractivity contribution in [2.24, 2.45) is 5.73 Å². The molecule has 1 aromatic heterocycles. The largest absolute Gasteiger partial charge is 0.481 e. The molecule has 0 aromatic carbocycles. The van der Waals surface area contributed by atoms with Crippen LogP contribution >= 0.6 is 0 Å². The number of amides is 3. The second-order valence-corrected chi connectivity index (χ2v) is 5.83. The molecule has 154 valence electrons. The first-order chi connectivity index (χ1) is 13.1. The maximum atomic E-state index is 12.2. The molecule has 0 fully saturated rings. The highest BCUT2D eigenvalue weighted by Gasteiger charge is 2.28. The van der Waals surface area contributed by atoms with E-state index in [1.807, 2.05) is 0 Å².